The Morgan fingerprint density at radius 2 is 2.10 bits per heavy atom. The van der Waals surface area contributed by atoms with Gasteiger partial charge in [0.2, 0.25) is 0 Å². The summed E-state index contributed by atoms with van der Waals surface area (Å²) in [5.41, 5.74) is 1.88. The number of hydrogen-bond acceptors (Lipinski definition) is 5. The molecule has 0 saturated carbocycles. The van der Waals surface area contributed by atoms with Gasteiger partial charge in [0.15, 0.2) is 11.5 Å². The van der Waals surface area contributed by atoms with Gasteiger partial charge in [-0.1, -0.05) is 13.0 Å². The molecule has 0 N–H and O–H groups in total. The highest BCUT2D eigenvalue weighted by Crippen LogP contribution is 2.40. The predicted molar refractivity (Wildman–Crippen MR) is 79.3 cm³/mol. The van der Waals surface area contributed by atoms with Crippen LogP contribution in [0.1, 0.15) is 17.5 Å². The first-order chi connectivity index (χ1) is 9.74. The van der Waals surface area contributed by atoms with Crippen molar-refractivity contribution in [2.24, 2.45) is 0 Å². The summed E-state index contributed by atoms with van der Waals surface area (Å²) in [6, 6.07) is 7.91. The molecule has 5 heteroatoms. The Morgan fingerprint density at radius 1 is 1.30 bits per heavy atom. The van der Waals surface area contributed by atoms with E-state index in [0.717, 1.165) is 27.6 Å². The van der Waals surface area contributed by atoms with Crippen LogP contribution >= 0.6 is 11.3 Å². The minimum atomic E-state index is 0.396. The van der Waals surface area contributed by atoms with Crippen LogP contribution in [0.5, 0.6) is 11.5 Å². The Kier molecular flexibility index (Phi) is 4.59. The van der Waals surface area contributed by atoms with Gasteiger partial charge in [-0.05, 0) is 18.6 Å². The number of ether oxygens (including phenoxy) is 2. The summed E-state index contributed by atoms with van der Waals surface area (Å²) in [6.07, 6.45) is 1.22. The normalized spacial score (nSPS) is 10.1. The lowest BCUT2D eigenvalue weighted by atomic mass is 10.2. The first-order valence-corrected chi connectivity index (χ1v) is 7.13. The number of benzene rings is 1. The van der Waals surface area contributed by atoms with Crippen molar-refractivity contribution in [3.05, 3.63) is 28.8 Å². The van der Waals surface area contributed by atoms with Gasteiger partial charge < -0.3 is 9.47 Å². The average molecular weight is 288 g/mol. The SMILES string of the molecule is CCc1nc(-c2cccc(OC)c2OC)sc1CC#N. The van der Waals surface area contributed by atoms with E-state index in [4.69, 9.17) is 14.7 Å². The van der Waals surface area contributed by atoms with Crippen molar-refractivity contribution in [1.82, 2.24) is 4.98 Å². The third-order valence-corrected chi connectivity index (χ3v) is 4.12. The highest BCUT2D eigenvalue weighted by molar-refractivity contribution is 7.15. The second-order valence-corrected chi connectivity index (χ2v) is 5.20. The average Bonchev–Trinajstić information content (AvgIpc) is 2.89. The number of aryl methyl sites for hydroxylation is 1. The molecule has 0 atom stereocenters. The van der Waals surface area contributed by atoms with Gasteiger partial charge in [-0.15, -0.1) is 11.3 Å². The van der Waals surface area contributed by atoms with Crippen LogP contribution in [-0.2, 0) is 12.8 Å². The standard InChI is InChI=1S/C15H16N2O2S/c1-4-11-13(8-9-16)20-15(17-11)10-6-5-7-12(18-2)14(10)19-3/h5-7H,4,8H2,1-3H3. The zero-order valence-corrected chi connectivity index (χ0v) is 12.6. The minimum Gasteiger partial charge on any atom is -0.493 e. The molecule has 104 valence electrons. The first kappa shape index (κ1) is 14.4. The van der Waals surface area contributed by atoms with Crippen LogP contribution in [0, 0.1) is 11.3 Å². The summed E-state index contributed by atoms with van der Waals surface area (Å²) < 4.78 is 10.7. The Bertz CT molecular complexity index is 644. The molecule has 0 radical (unpaired) electrons. The van der Waals surface area contributed by atoms with Crippen molar-refractivity contribution in [3.63, 3.8) is 0 Å². The van der Waals surface area contributed by atoms with Crippen LogP contribution in [-0.4, -0.2) is 19.2 Å². The van der Waals surface area contributed by atoms with Crippen molar-refractivity contribution < 1.29 is 9.47 Å². The van der Waals surface area contributed by atoms with Gasteiger partial charge >= 0.3 is 0 Å². The van der Waals surface area contributed by atoms with Crippen LogP contribution in [0.25, 0.3) is 10.6 Å². The predicted octanol–water partition coefficient (Wildman–Crippen LogP) is 3.46. The molecule has 0 saturated heterocycles. The fraction of sp³-hybridized carbons (Fsp3) is 0.333. The Morgan fingerprint density at radius 3 is 2.70 bits per heavy atom. The number of rotatable bonds is 5. The summed E-state index contributed by atoms with van der Waals surface area (Å²) in [4.78, 5) is 5.66. The van der Waals surface area contributed by atoms with Crippen molar-refractivity contribution >= 4 is 11.3 Å². The van der Waals surface area contributed by atoms with E-state index >= 15 is 0 Å². The molecule has 0 unspecified atom stereocenters. The van der Waals surface area contributed by atoms with E-state index in [2.05, 4.69) is 11.1 Å². The van der Waals surface area contributed by atoms with E-state index in [0.29, 0.717) is 17.9 Å². The lowest BCUT2D eigenvalue weighted by Gasteiger charge is -2.10. The summed E-state index contributed by atoms with van der Waals surface area (Å²) in [6.45, 7) is 2.04. The topological polar surface area (TPSA) is 55.1 Å². The maximum absolute atomic E-state index is 8.89. The van der Waals surface area contributed by atoms with E-state index in [1.807, 2.05) is 25.1 Å². The van der Waals surface area contributed by atoms with E-state index in [1.165, 1.54) is 0 Å². The smallest absolute Gasteiger partial charge is 0.170 e. The monoisotopic (exact) mass is 288 g/mol. The molecule has 0 amide bonds. The molecule has 1 heterocycles. The van der Waals surface area contributed by atoms with Gasteiger partial charge in [0, 0.05) is 4.88 Å². The fourth-order valence-electron chi connectivity index (χ4n) is 2.04. The third-order valence-electron chi connectivity index (χ3n) is 2.99. The van der Waals surface area contributed by atoms with Crippen molar-refractivity contribution in [2.75, 3.05) is 14.2 Å². The number of nitriles is 1. The number of aromatic nitrogens is 1. The third kappa shape index (κ3) is 2.61. The van der Waals surface area contributed by atoms with Crippen LogP contribution in [0.3, 0.4) is 0 Å². The Balaban J connectivity index is 2.54. The second kappa shape index (κ2) is 6.40. The summed E-state index contributed by atoms with van der Waals surface area (Å²) in [7, 11) is 3.23. The van der Waals surface area contributed by atoms with Crippen LogP contribution < -0.4 is 9.47 Å². The maximum atomic E-state index is 8.89. The van der Waals surface area contributed by atoms with Crippen molar-refractivity contribution in [2.45, 2.75) is 19.8 Å². The molecule has 20 heavy (non-hydrogen) atoms. The van der Waals surface area contributed by atoms with Gasteiger partial charge in [0.25, 0.3) is 0 Å². The Labute approximate surface area is 122 Å². The number of thiazole rings is 1. The van der Waals surface area contributed by atoms with E-state index in [-0.39, 0.29) is 0 Å². The lowest BCUT2D eigenvalue weighted by Crippen LogP contribution is -1.93. The molecule has 0 aliphatic carbocycles. The molecule has 0 aliphatic rings. The molecule has 1 aromatic heterocycles. The van der Waals surface area contributed by atoms with Crippen LogP contribution in [0.4, 0.5) is 0 Å². The molecule has 2 rings (SSSR count). The number of nitrogens with zero attached hydrogens (tertiary/aromatic N) is 2. The van der Waals surface area contributed by atoms with Crippen LogP contribution in [0.15, 0.2) is 18.2 Å². The summed E-state index contributed by atoms with van der Waals surface area (Å²) in [5.74, 6) is 1.36. The Hall–Kier alpha value is -2.06. The van der Waals surface area contributed by atoms with Crippen LogP contribution in [0.2, 0.25) is 0 Å². The van der Waals surface area contributed by atoms with Crippen molar-refractivity contribution in [3.8, 4) is 28.1 Å². The molecule has 0 aliphatic heterocycles. The van der Waals surface area contributed by atoms with E-state index in [1.54, 1.807) is 25.6 Å². The number of para-hydroxylation sites is 1. The lowest BCUT2D eigenvalue weighted by molar-refractivity contribution is 0.356. The maximum Gasteiger partial charge on any atom is 0.170 e. The van der Waals surface area contributed by atoms with Gasteiger partial charge in [-0.25, -0.2) is 4.98 Å². The molecule has 0 bridgehead atoms. The van der Waals surface area contributed by atoms with Gasteiger partial charge in [-0.2, -0.15) is 5.26 Å². The highest BCUT2D eigenvalue weighted by atomic mass is 32.1. The number of methoxy groups -OCH3 is 2. The fourth-order valence-corrected chi connectivity index (χ4v) is 3.14. The second-order valence-electron chi connectivity index (χ2n) is 4.12. The quantitative estimate of drug-likeness (QED) is 0.845. The van der Waals surface area contributed by atoms with E-state index < -0.39 is 0 Å². The van der Waals surface area contributed by atoms with Gasteiger partial charge in [0.1, 0.15) is 5.01 Å². The molecule has 2 aromatic rings. The summed E-state index contributed by atoms with van der Waals surface area (Å²) in [5, 5.41) is 9.75. The first-order valence-electron chi connectivity index (χ1n) is 6.32. The van der Waals surface area contributed by atoms with E-state index in [9.17, 15) is 0 Å². The zero-order valence-electron chi connectivity index (χ0n) is 11.8. The molecule has 1 aromatic carbocycles. The van der Waals surface area contributed by atoms with Crippen molar-refractivity contribution in [1.29, 1.82) is 5.26 Å². The molecule has 4 nitrogen and oxygen atoms in total. The summed E-state index contributed by atoms with van der Waals surface area (Å²) >= 11 is 1.54. The largest absolute Gasteiger partial charge is 0.493 e. The highest BCUT2D eigenvalue weighted by Gasteiger charge is 2.17. The zero-order chi connectivity index (χ0) is 14.5. The molecular weight excluding hydrogens is 272 g/mol. The molecular formula is C15H16N2O2S. The molecule has 0 fully saturated rings. The minimum absolute atomic E-state index is 0.396. The van der Waals surface area contributed by atoms with Gasteiger partial charge in [-0.3, -0.25) is 0 Å². The number of hydrogen-bond donors (Lipinski definition) is 0. The van der Waals surface area contributed by atoms with Gasteiger partial charge in [0.05, 0.1) is 38.0 Å². The molecule has 0 spiro atoms.